The maximum Gasteiger partial charge on any atom is 0.356 e. The van der Waals surface area contributed by atoms with Crippen LogP contribution in [0.15, 0.2) is 9.72 Å². The summed E-state index contributed by atoms with van der Waals surface area (Å²) >= 11 is 0.817. The molecular formula is C12H19N3O4S2. The molecule has 2 N–H and O–H groups in total. The van der Waals surface area contributed by atoms with E-state index in [0.717, 1.165) is 31.0 Å². The van der Waals surface area contributed by atoms with Gasteiger partial charge in [-0.25, -0.2) is 22.9 Å². The van der Waals surface area contributed by atoms with Crippen molar-refractivity contribution in [3.8, 4) is 0 Å². The van der Waals surface area contributed by atoms with Crippen molar-refractivity contribution in [2.24, 2.45) is 5.92 Å². The highest BCUT2D eigenvalue weighted by Gasteiger charge is 2.26. The molecule has 0 bridgehead atoms. The van der Waals surface area contributed by atoms with Gasteiger partial charge >= 0.3 is 5.97 Å². The molecule has 0 spiro atoms. The number of rotatable bonds is 7. The van der Waals surface area contributed by atoms with Crippen molar-refractivity contribution in [3.63, 3.8) is 0 Å². The van der Waals surface area contributed by atoms with E-state index in [1.807, 2.05) is 6.92 Å². The molecule has 1 aromatic rings. The summed E-state index contributed by atoms with van der Waals surface area (Å²) in [7, 11) is -3.81. The minimum atomic E-state index is -3.81. The van der Waals surface area contributed by atoms with Gasteiger partial charge in [-0.2, -0.15) is 0 Å². The van der Waals surface area contributed by atoms with Crippen molar-refractivity contribution in [1.82, 2.24) is 14.6 Å². The summed E-state index contributed by atoms with van der Waals surface area (Å²) in [5, 5.41) is 8.93. The number of carboxylic acid groups (broad SMARTS) is 1. The van der Waals surface area contributed by atoms with E-state index < -0.39 is 21.7 Å². The van der Waals surface area contributed by atoms with E-state index in [-0.39, 0.29) is 16.7 Å². The minimum absolute atomic E-state index is 0.166. The smallest absolute Gasteiger partial charge is 0.356 e. The van der Waals surface area contributed by atoms with Gasteiger partial charge in [0.15, 0.2) is 9.90 Å². The molecular weight excluding hydrogens is 314 g/mol. The fourth-order valence-corrected chi connectivity index (χ4v) is 4.70. The number of likely N-dealkylation sites (tertiary alicyclic amines) is 1. The average molecular weight is 333 g/mol. The molecule has 118 valence electrons. The summed E-state index contributed by atoms with van der Waals surface area (Å²) in [5.41, 5.74) is 0.811. The molecule has 1 unspecified atom stereocenters. The Morgan fingerprint density at radius 2 is 2.19 bits per heavy atom. The molecule has 1 aliphatic heterocycles. The number of nitrogens with zero attached hydrogens (tertiary/aromatic N) is 2. The molecule has 0 aromatic carbocycles. The molecule has 1 fully saturated rings. The number of hydrogen-bond acceptors (Lipinski definition) is 6. The lowest BCUT2D eigenvalue weighted by Crippen LogP contribution is -2.34. The molecule has 2 heterocycles. The van der Waals surface area contributed by atoms with Crippen molar-refractivity contribution in [2.45, 2.75) is 24.0 Å². The first kappa shape index (κ1) is 16.3. The highest BCUT2D eigenvalue weighted by atomic mass is 32.2. The third-order valence-corrected chi connectivity index (χ3v) is 6.17. The van der Waals surface area contributed by atoms with Gasteiger partial charge in [-0.05, 0) is 31.8 Å². The lowest BCUT2D eigenvalue weighted by molar-refractivity contribution is 0.0687. The first-order valence-electron chi connectivity index (χ1n) is 6.79. The van der Waals surface area contributed by atoms with Gasteiger partial charge in [-0.15, -0.1) is 11.3 Å². The van der Waals surface area contributed by atoms with Gasteiger partial charge in [0.25, 0.3) is 10.0 Å². The van der Waals surface area contributed by atoms with Crippen LogP contribution in [0.25, 0.3) is 0 Å². The SMILES string of the molecule is CC(CNS(=O)(=O)c1scnc1C(=O)O)CN1CCCC1. The Morgan fingerprint density at radius 1 is 1.52 bits per heavy atom. The molecule has 1 atom stereocenters. The van der Waals surface area contributed by atoms with Gasteiger partial charge < -0.3 is 10.0 Å². The molecule has 0 saturated carbocycles. The Balaban J connectivity index is 1.94. The number of carboxylic acids is 1. The van der Waals surface area contributed by atoms with E-state index in [2.05, 4.69) is 14.6 Å². The van der Waals surface area contributed by atoms with Crippen LogP contribution in [0.4, 0.5) is 0 Å². The van der Waals surface area contributed by atoms with E-state index in [9.17, 15) is 13.2 Å². The molecule has 1 saturated heterocycles. The molecule has 9 heteroatoms. The third kappa shape index (κ3) is 4.22. The topological polar surface area (TPSA) is 99.6 Å². The van der Waals surface area contributed by atoms with E-state index in [4.69, 9.17) is 5.11 Å². The number of nitrogens with one attached hydrogen (secondary N) is 1. The number of thiazole rings is 1. The monoisotopic (exact) mass is 333 g/mol. The quantitative estimate of drug-likeness (QED) is 0.767. The van der Waals surface area contributed by atoms with E-state index >= 15 is 0 Å². The Labute approximate surface area is 128 Å². The first-order valence-corrected chi connectivity index (χ1v) is 9.15. The van der Waals surface area contributed by atoms with Crippen LogP contribution in [0.5, 0.6) is 0 Å². The van der Waals surface area contributed by atoms with Gasteiger partial charge in [0, 0.05) is 13.1 Å². The summed E-state index contributed by atoms with van der Waals surface area (Å²) in [5.74, 6) is -1.17. The second-order valence-electron chi connectivity index (χ2n) is 5.26. The second kappa shape index (κ2) is 6.82. The predicted octanol–water partition coefficient (Wildman–Crippen LogP) is 0.851. The van der Waals surface area contributed by atoms with Gasteiger partial charge in [-0.3, -0.25) is 0 Å². The summed E-state index contributed by atoms with van der Waals surface area (Å²) < 4.78 is 26.5. The minimum Gasteiger partial charge on any atom is -0.476 e. The number of sulfonamides is 1. The molecule has 1 aliphatic rings. The normalized spacial score (nSPS) is 18.0. The number of aromatic carboxylic acids is 1. The molecule has 2 rings (SSSR count). The predicted molar refractivity (Wildman–Crippen MR) is 79.1 cm³/mol. The van der Waals surface area contributed by atoms with Crippen molar-refractivity contribution in [2.75, 3.05) is 26.2 Å². The maximum atomic E-state index is 12.1. The summed E-state index contributed by atoms with van der Waals surface area (Å²) in [6.45, 7) is 5.24. The van der Waals surface area contributed by atoms with Gasteiger partial charge in [0.05, 0.1) is 5.51 Å². The Morgan fingerprint density at radius 3 is 2.81 bits per heavy atom. The fraction of sp³-hybridized carbons (Fsp3) is 0.667. The van der Waals surface area contributed by atoms with Crippen LogP contribution in [0, 0.1) is 5.92 Å². The Bertz CT molecular complexity index is 593. The number of hydrogen-bond donors (Lipinski definition) is 2. The van der Waals surface area contributed by atoms with Crippen LogP contribution in [-0.2, 0) is 10.0 Å². The molecule has 1 aromatic heterocycles. The summed E-state index contributed by atoms with van der Waals surface area (Å²) in [6, 6.07) is 0. The van der Waals surface area contributed by atoms with E-state index in [1.54, 1.807) is 0 Å². The zero-order chi connectivity index (χ0) is 15.5. The van der Waals surface area contributed by atoms with Crippen molar-refractivity contribution in [1.29, 1.82) is 0 Å². The lowest BCUT2D eigenvalue weighted by atomic mass is 10.2. The van der Waals surface area contributed by atoms with Gasteiger partial charge in [-0.1, -0.05) is 6.92 Å². The van der Waals surface area contributed by atoms with E-state index in [1.165, 1.54) is 18.4 Å². The highest BCUT2D eigenvalue weighted by Crippen LogP contribution is 2.20. The van der Waals surface area contributed by atoms with Crippen LogP contribution in [0.3, 0.4) is 0 Å². The van der Waals surface area contributed by atoms with Crippen LogP contribution in [-0.4, -0.2) is 55.6 Å². The summed E-state index contributed by atoms with van der Waals surface area (Å²) in [6.07, 6.45) is 2.39. The zero-order valence-electron chi connectivity index (χ0n) is 11.8. The van der Waals surface area contributed by atoms with Crippen LogP contribution < -0.4 is 4.72 Å². The molecule has 0 amide bonds. The first-order chi connectivity index (χ1) is 9.90. The van der Waals surface area contributed by atoms with Gasteiger partial charge in [0.2, 0.25) is 0 Å². The number of aromatic nitrogens is 1. The second-order valence-corrected chi connectivity index (χ2v) is 8.08. The largest absolute Gasteiger partial charge is 0.476 e. The zero-order valence-corrected chi connectivity index (χ0v) is 13.4. The van der Waals surface area contributed by atoms with Crippen molar-refractivity contribution < 1.29 is 18.3 Å². The average Bonchev–Trinajstić information content (AvgIpc) is 3.07. The molecule has 21 heavy (non-hydrogen) atoms. The van der Waals surface area contributed by atoms with Crippen molar-refractivity contribution >= 4 is 27.3 Å². The van der Waals surface area contributed by atoms with Crippen molar-refractivity contribution in [3.05, 3.63) is 11.2 Å². The van der Waals surface area contributed by atoms with Crippen LogP contribution in [0.1, 0.15) is 30.3 Å². The number of carbonyl (C=O) groups is 1. The Hall–Kier alpha value is -1.03. The Kier molecular flexibility index (Phi) is 5.31. The maximum absolute atomic E-state index is 12.1. The lowest BCUT2D eigenvalue weighted by Gasteiger charge is -2.20. The van der Waals surface area contributed by atoms with Crippen LogP contribution >= 0.6 is 11.3 Å². The standard InChI is InChI=1S/C12H19N3O4S2/c1-9(7-15-4-2-3-5-15)6-14-21(18,19)12-10(11(16)17)13-8-20-12/h8-9,14H,2-7H2,1H3,(H,16,17). The third-order valence-electron chi connectivity index (χ3n) is 3.37. The molecule has 7 nitrogen and oxygen atoms in total. The molecule has 0 aliphatic carbocycles. The van der Waals surface area contributed by atoms with Gasteiger partial charge in [0.1, 0.15) is 0 Å². The van der Waals surface area contributed by atoms with Crippen LogP contribution in [0.2, 0.25) is 0 Å². The highest BCUT2D eigenvalue weighted by molar-refractivity contribution is 7.91. The summed E-state index contributed by atoms with van der Waals surface area (Å²) in [4.78, 5) is 16.8. The molecule has 0 radical (unpaired) electrons. The fourth-order valence-electron chi connectivity index (χ4n) is 2.36. The van der Waals surface area contributed by atoms with E-state index in [0.29, 0.717) is 0 Å².